The van der Waals surface area contributed by atoms with E-state index in [-0.39, 0.29) is 11.9 Å². The molecule has 1 amide bonds. The van der Waals surface area contributed by atoms with Gasteiger partial charge in [-0.3, -0.25) is 4.79 Å². The Morgan fingerprint density at radius 1 is 1.50 bits per heavy atom. The summed E-state index contributed by atoms with van der Waals surface area (Å²) in [5.41, 5.74) is 1.47. The van der Waals surface area contributed by atoms with Crippen LogP contribution in [-0.4, -0.2) is 21.8 Å². The summed E-state index contributed by atoms with van der Waals surface area (Å²) in [5, 5.41) is 0.446. The van der Waals surface area contributed by atoms with Gasteiger partial charge in [0.1, 0.15) is 5.15 Å². The molecule has 1 aliphatic heterocycles. The molecule has 74 valence electrons. The number of amides is 1. The maximum absolute atomic E-state index is 11.8. The molecule has 4 heteroatoms. The summed E-state index contributed by atoms with van der Waals surface area (Å²) in [7, 11) is 0. The molecule has 0 spiro atoms. The topological polar surface area (TPSA) is 33.2 Å². The number of rotatable bonds is 1. The van der Waals surface area contributed by atoms with Crippen molar-refractivity contribution in [3.05, 3.63) is 28.5 Å². The Balaban J connectivity index is 2.40. The van der Waals surface area contributed by atoms with E-state index in [2.05, 4.69) is 4.98 Å². The molecule has 0 aliphatic carbocycles. The van der Waals surface area contributed by atoms with E-state index in [1.165, 1.54) is 0 Å². The molecule has 0 fully saturated rings. The van der Waals surface area contributed by atoms with Crippen LogP contribution >= 0.6 is 11.6 Å². The first kappa shape index (κ1) is 9.46. The van der Waals surface area contributed by atoms with Crippen LogP contribution in [-0.2, 0) is 6.54 Å². The second-order valence-corrected chi connectivity index (χ2v) is 4.04. The van der Waals surface area contributed by atoms with Gasteiger partial charge in [-0.05, 0) is 26.0 Å². The Bertz CT molecular complexity index is 390. The van der Waals surface area contributed by atoms with Crippen LogP contribution < -0.4 is 0 Å². The van der Waals surface area contributed by atoms with Crippen molar-refractivity contribution in [1.29, 1.82) is 0 Å². The molecule has 0 aromatic carbocycles. The van der Waals surface area contributed by atoms with Gasteiger partial charge in [-0.1, -0.05) is 11.6 Å². The maximum atomic E-state index is 11.8. The fourth-order valence-corrected chi connectivity index (χ4v) is 1.76. The Hall–Kier alpha value is -1.09. The Kier molecular flexibility index (Phi) is 2.19. The molecule has 1 aromatic heterocycles. The van der Waals surface area contributed by atoms with Gasteiger partial charge >= 0.3 is 0 Å². The van der Waals surface area contributed by atoms with Gasteiger partial charge in [0, 0.05) is 6.04 Å². The van der Waals surface area contributed by atoms with Crippen LogP contribution in [0.15, 0.2) is 12.1 Å². The largest absolute Gasteiger partial charge is 0.330 e. The van der Waals surface area contributed by atoms with E-state index in [1.54, 1.807) is 17.0 Å². The fraction of sp³-hybridized carbons (Fsp3) is 0.400. The van der Waals surface area contributed by atoms with Crippen LogP contribution in [0.4, 0.5) is 0 Å². The van der Waals surface area contributed by atoms with Crippen molar-refractivity contribution in [2.75, 3.05) is 0 Å². The highest BCUT2D eigenvalue weighted by atomic mass is 35.5. The third-order valence-electron chi connectivity index (χ3n) is 2.37. The average molecular weight is 211 g/mol. The highest BCUT2D eigenvalue weighted by Crippen LogP contribution is 2.24. The van der Waals surface area contributed by atoms with Crippen molar-refractivity contribution < 1.29 is 4.79 Å². The van der Waals surface area contributed by atoms with E-state index in [1.807, 2.05) is 13.8 Å². The van der Waals surface area contributed by atoms with Crippen LogP contribution in [0.1, 0.15) is 29.9 Å². The average Bonchev–Trinajstić information content (AvgIpc) is 2.43. The third kappa shape index (κ3) is 1.38. The minimum Gasteiger partial charge on any atom is -0.330 e. The summed E-state index contributed by atoms with van der Waals surface area (Å²) in [4.78, 5) is 17.7. The van der Waals surface area contributed by atoms with Gasteiger partial charge in [0.25, 0.3) is 5.91 Å². The number of carbonyl (C=O) groups excluding carboxylic acids is 1. The molecule has 1 aliphatic rings. The smallest absolute Gasteiger partial charge is 0.256 e. The van der Waals surface area contributed by atoms with Crippen molar-refractivity contribution in [3.8, 4) is 0 Å². The Morgan fingerprint density at radius 3 is 2.86 bits per heavy atom. The molecule has 2 rings (SSSR count). The van der Waals surface area contributed by atoms with Gasteiger partial charge < -0.3 is 4.90 Å². The summed E-state index contributed by atoms with van der Waals surface area (Å²) in [6.45, 7) is 4.56. The molecular weight excluding hydrogens is 200 g/mol. The second-order valence-electron chi connectivity index (χ2n) is 3.66. The van der Waals surface area contributed by atoms with E-state index >= 15 is 0 Å². The number of nitrogens with zero attached hydrogens (tertiary/aromatic N) is 2. The standard InChI is InChI=1S/C10H11ClN2O/c1-6(2)13-5-8-7(10(13)14)3-4-9(11)12-8/h3-4,6H,5H2,1-2H3. The molecule has 1 aromatic rings. The molecule has 0 bridgehead atoms. The normalized spacial score (nSPS) is 15.1. The summed E-state index contributed by atoms with van der Waals surface area (Å²) < 4.78 is 0. The number of halogens is 1. The number of carbonyl (C=O) groups is 1. The van der Waals surface area contributed by atoms with Crippen LogP contribution in [0.5, 0.6) is 0 Å². The van der Waals surface area contributed by atoms with Gasteiger partial charge in [-0.2, -0.15) is 0 Å². The summed E-state index contributed by atoms with van der Waals surface area (Å²) in [6, 6.07) is 3.60. The van der Waals surface area contributed by atoms with E-state index in [0.29, 0.717) is 17.3 Å². The molecular formula is C10H11ClN2O. The zero-order chi connectivity index (χ0) is 10.3. The summed E-state index contributed by atoms with van der Waals surface area (Å²) in [5.74, 6) is 0.0548. The first-order chi connectivity index (χ1) is 6.59. The molecule has 3 nitrogen and oxygen atoms in total. The van der Waals surface area contributed by atoms with Gasteiger partial charge in [0.05, 0.1) is 17.8 Å². The van der Waals surface area contributed by atoms with Gasteiger partial charge in [-0.15, -0.1) is 0 Å². The van der Waals surface area contributed by atoms with Crippen LogP contribution in [0.3, 0.4) is 0 Å². The van der Waals surface area contributed by atoms with Gasteiger partial charge in [-0.25, -0.2) is 4.98 Å². The molecule has 0 N–H and O–H groups in total. The predicted molar refractivity (Wildman–Crippen MR) is 54.3 cm³/mol. The highest BCUT2D eigenvalue weighted by Gasteiger charge is 2.29. The summed E-state index contributed by atoms with van der Waals surface area (Å²) in [6.07, 6.45) is 0. The first-order valence-corrected chi connectivity index (χ1v) is 4.94. The number of fused-ring (bicyclic) bond motifs is 1. The zero-order valence-electron chi connectivity index (χ0n) is 8.12. The van der Waals surface area contributed by atoms with Crippen molar-refractivity contribution >= 4 is 17.5 Å². The number of hydrogen-bond acceptors (Lipinski definition) is 2. The van der Waals surface area contributed by atoms with Crippen molar-refractivity contribution in [2.24, 2.45) is 0 Å². The lowest BCUT2D eigenvalue weighted by Crippen LogP contribution is -2.30. The molecule has 2 heterocycles. The van der Waals surface area contributed by atoms with Crippen molar-refractivity contribution in [3.63, 3.8) is 0 Å². The molecule has 14 heavy (non-hydrogen) atoms. The van der Waals surface area contributed by atoms with E-state index in [0.717, 1.165) is 5.69 Å². The van der Waals surface area contributed by atoms with E-state index < -0.39 is 0 Å². The predicted octanol–water partition coefficient (Wildman–Crippen LogP) is 2.10. The minimum atomic E-state index is 0.0548. The lowest BCUT2D eigenvalue weighted by molar-refractivity contribution is 0.0730. The van der Waals surface area contributed by atoms with Crippen LogP contribution in [0.25, 0.3) is 0 Å². The second kappa shape index (κ2) is 3.24. The van der Waals surface area contributed by atoms with Gasteiger partial charge in [0.15, 0.2) is 0 Å². The lowest BCUT2D eigenvalue weighted by atomic mass is 10.2. The Morgan fingerprint density at radius 2 is 2.21 bits per heavy atom. The van der Waals surface area contributed by atoms with Crippen molar-refractivity contribution in [2.45, 2.75) is 26.4 Å². The van der Waals surface area contributed by atoms with Crippen LogP contribution in [0.2, 0.25) is 5.15 Å². The highest BCUT2D eigenvalue weighted by molar-refractivity contribution is 6.29. The third-order valence-corrected chi connectivity index (χ3v) is 2.59. The van der Waals surface area contributed by atoms with Crippen LogP contribution in [0, 0.1) is 0 Å². The monoisotopic (exact) mass is 210 g/mol. The minimum absolute atomic E-state index is 0.0548. The number of pyridine rings is 1. The quantitative estimate of drug-likeness (QED) is 0.666. The molecule has 0 saturated heterocycles. The van der Waals surface area contributed by atoms with E-state index in [9.17, 15) is 4.79 Å². The number of hydrogen-bond donors (Lipinski definition) is 0. The first-order valence-electron chi connectivity index (χ1n) is 4.56. The number of aromatic nitrogens is 1. The molecule has 0 radical (unpaired) electrons. The zero-order valence-corrected chi connectivity index (χ0v) is 8.88. The summed E-state index contributed by atoms with van der Waals surface area (Å²) >= 11 is 5.76. The molecule has 0 unspecified atom stereocenters. The SMILES string of the molecule is CC(C)N1Cc2nc(Cl)ccc2C1=O. The lowest BCUT2D eigenvalue weighted by Gasteiger charge is -2.19. The Labute approximate surface area is 87.7 Å². The molecule has 0 saturated carbocycles. The maximum Gasteiger partial charge on any atom is 0.256 e. The van der Waals surface area contributed by atoms with Crippen molar-refractivity contribution in [1.82, 2.24) is 9.88 Å². The van der Waals surface area contributed by atoms with Gasteiger partial charge in [0.2, 0.25) is 0 Å². The van der Waals surface area contributed by atoms with E-state index in [4.69, 9.17) is 11.6 Å². The fourth-order valence-electron chi connectivity index (χ4n) is 1.59. The molecule has 0 atom stereocenters.